The zero-order valence-electron chi connectivity index (χ0n) is 16.7. The van der Waals surface area contributed by atoms with Crippen LogP contribution in [0.5, 0.6) is 0 Å². The minimum atomic E-state index is -0.371. The molecule has 0 bridgehead atoms. The maximum atomic E-state index is 6.15. The molecule has 0 unspecified atom stereocenters. The number of anilines is 1. The molecular formula is C21H29BN2O2. The molecule has 1 fully saturated rings. The van der Waals surface area contributed by atoms with Gasteiger partial charge in [0, 0.05) is 24.7 Å². The molecule has 1 aliphatic heterocycles. The van der Waals surface area contributed by atoms with E-state index in [2.05, 4.69) is 76.8 Å². The van der Waals surface area contributed by atoms with Gasteiger partial charge in [0.1, 0.15) is 5.82 Å². The molecule has 0 aliphatic carbocycles. The second-order valence-corrected chi connectivity index (χ2v) is 8.00. The van der Waals surface area contributed by atoms with Gasteiger partial charge in [0.2, 0.25) is 0 Å². The molecule has 0 radical (unpaired) electrons. The van der Waals surface area contributed by atoms with Gasteiger partial charge in [0.25, 0.3) is 0 Å². The van der Waals surface area contributed by atoms with Crippen molar-refractivity contribution in [2.75, 3.05) is 11.4 Å². The molecule has 1 aromatic heterocycles. The highest BCUT2D eigenvalue weighted by atomic mass is 16.7. The zero-order chi connectivity index (χ0) is 18.9. The number of hydrogen-bond donors (Lipinski definition) is 0. The monoisotopic (exact) mass is 352 g/mol. The van der Waals surface area contributed by atoms with Crippen LogP contribution in [-0.4, -0.2) is 29.8 Å². The Hall–Kier alpha value is -1.85. The van der Waals surface area contributed by atoms with Gasteiger partial charge >= 0.3 is 7.12 Å². The number of nitrogens with zero attached hydrogens (tertiary/aromatic N) is 2. The van der Waals surface area contributed by atoms with Crippen molar-refractivity contribution in [1.82, 2.24) is 4.98 Å². The normalized spacial score (nSPS) is 18.2. The van der Waals surface area contributed by atoms with Crippen LogP contribution in [0.4, 0.5) is 5.82 Å². The third-order valence-electron chi connectivity index (χ3n) is 5.49. The average molecular weight is 352 g/mol. The van der Waals surface area contributed by atoms with Crippen molar-refractivity contribution in [2.45, 2.75) is 59.3 Å². The highest BCUT2D eigenvalue weighted by Gasteiger charge is 2.51. The van der Waals surface area contributed by atoms with Gasteiger partial charge in [0.15, 0.2) is 0 Å². The second-order valence-electron chi connectivity index (χ2n) is 8.00. The van der Waals surface area contributed by atoms with Crippen LogP contribution in [0.25, 0.3) is 0 Å². The van der Waals surface area contributed by atoms with E-state index in [-0.39, 0.29) is 18.3 Å². The molecule has 3 rings (SSSR count). The standard InChI is InChI=1S/C21H29BN2O2/c1-7-24(15-17-11-9-8-10-12-17)19-16(2)13-18(14-23-19)22-25-20(3,4)21(5,6)26-22/h8-14H,7,15H2,1-6H3. The summed E-state index contributed by atoms with van der Waals surface area (Å²) in [6.07, 6.45) is 1.89. The van der Waals surface area contributed by atoms with Gasteiger partial charge in [-0.15, -0.1) is 0 Å². The second kappa shape index (κ2) is 7.05. The maximum absolute atomic E-state index is 6.15. The summed E-state index contributed by atoms with van der Waals surface area (Å²) in [6, 6.07) is 12.6. The number of hydrogen-bond acceptors (Lipinski definition) is 4. The van der Waals surface area contributed by atoms with Crippen LogP contribution in [-0.2, 0) is 15.9 Å². The van der Waals surface area contributed by atoms with Crippen molar-refractivity contribution in [3.63, 3.8) is 0 Å². The van der Waals surface area contributed by atoms with E-state index in [4.69, 9.17) is 14.3 Å². The molecule has 0 atom stereocenters. The first kappa shape index (κ1) is 18.9. The van der Waals surface area contributed by atoms with Gasteiger partial charge in [-0.25, -0.2) is 4.98 Å². The molecule has 26 heavy (non-hydrogen) atoms. The summed E-state index contributed by atoms with van der Waals surface area (Å²) < 4.78 is 12.3. The minimum absolute atomic E-state index is 0.340. The largest absolute Gasteiger partial charge is 0.496 e. The highest BCUT2D eigenvalue weighted by molar-refractivity contribution is 6.62. The summed E-state index contributed by atoms with van der Waals surface area (Å²) in [6.45, 7) is 14.3. The van der Waals surface area contributed by atoms with Crippen LogP contribution in [0.1, 0.15) is 45.7 Å². The number of aryl methyl sites for hydroxylation is 1. The first-order chi connectivity index (χ1) is 12.2. The lowest BCUT2D eigenvalue weighted by molar-refractivity contribution is 0.00578. The Morgan fingerprint density at radius 1 is 1.04 bits per heavy atom. The first-order valence-electron chi connectivity index (χ1n) is 9.34. The summed E-state index contributed by atoms with van der Waals surface area (Å²) in [4.78, 5) is 7.04. The van der Waals surface area contributed by atoms with E-state index in [1.807, 2.05) is 12.3 Å². The SMILES string of the molecule is CCN(Cc1ccccc1)c1ncc(B2OC(C)(C)C(C)(C)O2)cc1C. The summed E-state index contributed by atoms with van der Waals surface area (Å²) in [5.41, 5.74) is 2.71. The van der Waals surface area contributed by atoms with Gasteiger partial charge < -0.3 is 14.2 Å². The molecule has 0 N–H and O–H groups in total. The molecule has 4 nitrogen and oxygen atoms in total. The Labute approximate surface area is 157 Å². The fourth-order valence-electron chi connectivity index (χ4n) is 3.17. The Morgan fingerprint density at radius 2 is 1.65 bits per heavy atom. The zero-order valence-corrected chi connectivity index (χ0v) is 16.7. The topological polar surface area (TPSA) is 34.6 Å². The number of rotatable bonds is 5. The maximum Gasteiger partial charge on any atom is 0.496 e. The Kier molecular flexibility index (Phi) is 5.13. The fraction of sp³-hybridized carbons (Fsp3) is 0.476. The van der Waals surface area contributed by atoms with Gasteiger partial charge in [-0.3, -0.25) is 0 Å². The molecule has 138 valence electrons. The molecule has 1 aliphatic rings. The molecule has 0 saturated carbocycles. The molecular weight excluding hydrogens is 323 g/mol. The molecule has 1 aromatic carbocycles. The van der Waals surface area contributed by atoms with E-state index >= 15 is 0 Å². The first-order valence-corrected chi connectivity index (χ1v) is 9.34. The van der Waals surface area contributed by atoms with Gasteiger partial charge in [-0.05, 0) is 52.7 Å². The van der Waals surface area contributed by atoms with Crippen LogP contribution in [0.3, 0.4) is 0 Å². The predicted molar refractivity (Wildman–Crippen MR) is 108 cm³/mol. The van der Waals surface area contributed by atoms with Crippen LogP contribution >= 0.6 is 0 Å². The lowest BCUT2D eigenvalue weighted by Gasteiger charge is -2.32. The number of benzene rings is 1. The van der Waals surface area contributed by atoms with Crippen molar-refractivity contribution in [1.29, 1.82) is 0 Å². The Balaban J connectivity index is 1.81. The summed E-state index contributed by atoms with van der Waals surface area (Å²) in [7, 11) is -0.371. The smallest absolute Gasteiger partial charge is 0.399 e. The summed E-state index contributed by atoms with van der Waals surface area (Å²) in [5, 5.41) is 0. The van der Waals surface area contributed by atoms with E-state index in [1.165, 1.54) is 5.56 Å². The third kappa shape index (κ3) is 3.65. The van der Waals surface area contributed by atoms with Crippen molar-refractivity contribution < 1.29 is 9.31 Å². The van der Waals surface area contributed by atoms with Crippen LogP contribution in [0, 0.1) is 6.92 Å². The highest BCUT2D eigenvalue weighted by Crippen LogP contribution is 2.36. The fourth-order valence-corrected chi connectivity index (χ4v) is 3.17. The lowest BCUT2D eigenvalue weighted by atomic mass is 9.79. The van der Waals surface area contributed by atoms with E-state index in [0.29, 0.717) is 0 Å². The number of aromatic nitrogens is 1. The third-order valence-corrected chi connectivity index (χ3v) is 5.49. The average Bonchev–Trinajstić information content (AvgIpc) is 2.82. The summed E-state index contributed by atoms with van der Waals surface area (Å²) in [5.74, 6) is 1.01. The van der Waals surface area contributed by atoms with Crippen molar-refractivity contribution in [2.24, 2.45) is 0 Å². The molecule has 2 heterocycles. The molecule has 5 heteroatoms. The Bertz CT molecular complexity index is 746. The van der Waals surface area contributed by atoms with E-state index in [0.717, 1.165) is 29.9 Å². The number of pyridine rings is 1. The predicted octanol–water partition coefficient (Wildman–Crippen LogP) is 3.72. The van der Waals surface area contributed by atoms with E-state index in [9.17, 15) is 0 Å². The molecule has 0 amide bonds. The lowest BCUT2D eigenvalue weighted by Crippen LogP contribution is -2.41. The van der Waals surface area contributed by atoms with Gasteiger partial charge in [0.05, 0.1) is 11.2 Å². The molecule has 1 saturated heterocycles. The van der Waals surface area contributed by atoms with Crippen LogP contribution in [0.2, 0.25) is 0 Å². The van der Waals surface area contributed by atoms with Crippen molar-refractivity contribution >= 4 is 18.4 Å². The van der Waals surface area contributed by atoms with Gasteiger partial charge in [-0.1, -0.05) is 36.4 Å². The molecule has 2 aromatic rings. The van der Waals surface area contributed by atoms with Gasteiger partial charge in [-0.2, -0.15) is 0 Å². The quantitative estimate of drug-likeness (QED) is 0.769. The van der Waals surface area contributed by atoms with Crippen LogP contribution in [0.15, 0.2) is 42.6 Å². The summed E-state index contributed by atoms with van der Waals surface area (Å²) >= 11 is 0. The van der Waals surface area contributed by atoms with Crippen molar-refractivity contribution in [3.05, 3.63) is 53.7 Å². The van der Waals surface area contributed by atoms with E-state index < -0.39 is 0 Å². The minimum Gasteiger partial charge on any atom is -0.399 e. The Morgan fingerprint density at radius 3 is 2.19 bits per heavy atom. The van der Waals surface area contributed by atoms with Crippen molar-refractivity contribution in [3.8, 4) is 0 Å². The molecule has 0 spiro atoms. The van der Waals surface area contributed by atoms with E-state index in [1.54, 1.807) is 0 Å². The van der Waals surface area contributed by atoms with Crippen LogP contribution < -0.4 is 10.4 Å².